The van der Waals surface area contributed by atoms with Crippen LogP contribution in [-0.4, -0.2) is 32.1 Å². The Morgan fingerprint density at radius 1 is 1.04 bits per heavy atom. The van der Waals surface area contributed by atoms with Crippen LogP contribution in [-0.2, 0) is 9.53 Å². The molecule has 0 aliphatic rings. The summed E-state index contributed by atoms with van der Waals surface area (Å²) in [7, 11) is 1.61. The van der Waals surface area contributed by atoms with Crippen molar-refractivity contribution in [2.24, 2.45) is 0 Å². The van der Waals surface area contributed by atoms with Gasteiger partial charge in [0.05, 0.1) is 13.7 Å². The van der Waals surface area contributed by atoms with Gasteiger partial charge in [0.1, 0.15) is 12.3 Å². The second-order valence-corrected chi connectivity index (χ2v) is 4.80. The SMILES string of the molecule is CCOC(=O)CNC(=O)c1cccc(-c2ccc(OC)cc2)c1. The molecule has 1 N–H and O–H groups in total. The molecule has 1 amide bonds. The van der Waals surface area contributed by atoms with Crippen molar-refractivity contribution >= 4 is 11.9 Å². The van der Waals surface area contributed by atoms with E-state index in [1.807, 2.05) is 30.3 Å². The molecule has 2 rings (SSSR count). The first-order valence-electron chi connectivity index (χ1n) is 7.32. The normalized spacial score (nSPS) is 10.0. The van der Waals surface area contributed by atoms with Crippen LogP contribution in [0.4, 0.5) is 0 Å². The summed E-state index contributed by atoms with van der Waals surface area (Å²) < 4.78 is 9.91. The molecule has 5 heteroatoms. The van der Waals surface area contributed by atoms with E-state index in [9.17, 15) is 9.59 Å². The molecule has 0 bridgehead atoms. The van der Waals surface area contributed by atoms with Crippen LogP contribution in [0.1, 0.15) is 17.3 Å². The van der Waals surface area contributed by atoms with Crippen molar-refractivity contribution in [1.29, 1.82) is 0 Å². The van der Waals surface area contributed by atoms with E-state index in [0.29, 0.717) is 12.2 Å². The third kappa shape index (κ3) is 4.57. The summed E-state index contributed by atoms with van der Waals surface area (Å²) in [5, 5.41) is 2.55. The van der Waals surface area contributed by atoms with Gasteiger partial charge >= 0.3 is 5.97 Å². The molecule has 0 unspecified atom stereocenters. The molecule has 0 radical (unpaired) electrons. The number of benzene rings is 2. The van der Waals surface area contributed by atoms with E-state index in [4.69, 9.17) is 9.47 Å². The van der Waals surface area contributed by atoms with E-state index in [1.165, 1.54) is 0 Å². The Labute approximate surface area is 135 Å². The Hall–Kier alpha value is -2.82. The Bertz CT molecular complexity index is 680. The average molecular weight is 313 g/mol. The largest absolute Gasteiger partial charge is 0.497 e. The summed E-state index contributed by atoms with van der Waals surface area (Å²) >= 11 is 0. The van der Waals surface area contributed by atoms with Gasteiger partial charge in [-0.15, -0.1) is 0 Å². The number of amides is 1. The lowest BCUT2D eigenvalue weighted by atomic mass is 10.0. The van der Waals surface area contributed by atoms with Gasteiger partial charge in [0.2, 0.25) is 0 Å². The highest BCUT2D eigenvalue weighted by atomic mass is 16.5. The lowest BCUT2D eigenvalue weighted by Crippen LogP contribution is -2.30. The zero-order chi connectivity index (χ0) is 16.7. The summed E-state index contributed by atoms with van der Waals surface area (Å²) in [4.78, 5) is 23.4. The van der Waals surface area contributed by atoms with Crippen molar-refractivity contribution in [3.8, 4) is 16.9 Å². The van der Waals surface area contributed by atoms with Gasteiger partial charge in [-0.05, 0) is 42.3 Å². The van der Waals surface area contributed by atoms with Gasteiger partial charge in [-0.25, -0.2) is 0 Å². The summed E-state index contributed by atoms with van der Waals surface area (Å²) in [6.07, 6.45) is 0. The molecule has 2 aromatic rings. The Morgan fingerprint density at radius 3 is 2.43 bits per heavy atom. The van der Waals surface area contributed by atoms with Crippen molar-refractivity contribution in [1.82, 2.24) is 5.32 Å². The van der Waals surface area contributed by atoms with Crippen LogP contribution in [0.2, 0.25) is 0 Å². The highest BCUT2D eigenvalue weighted by molar-refractivity contribution is 5.97. The van der Waals surface area contributed by atoms with Crippen LogP contribution in [0.25, 0.3) is 11.1 Å². The first-order chi connectivity index (χ1) is 11.1. The summed E-state index contributed by atoms with van der Waals surface area (Å²) in [6.45, 7) is 1.87. The van der Waals surface area contributed by atoms with Gasteiger partial charge in [-0.3, -0.25) is 9.59 Å². The summed E-state index contributed by atoms with van der Waals surface area (Å²) in [6, 6.07) is 14.8. The molecule has 120 valence electrons. The molecule has 2 aromatic carbocycles. The highest BCUT2D eigenvalue weighted by Crippen LogP contribution is 2.23. The lowest BCUT2D eigenvalue weighted by molar-refractivity contribution is -0.141. The summed E-state index contributed by atoms with van der Waals surface area (Å²) in [5.74, 6) is 0.0117. The van der Waals surface area contributed by atoms with Crippen LogP contribution in [0.15, 0.2) is 48.5 Å². The summed E-state index contributed by atoms with van der Waals surface area (Å²) in [5.41, 5.74) is 2.38. The van der Waals surface area contributed by atoms with Crippen molar-refractivity contribution in [2.45, 2.75) is 6.92 Å². The van der Waals surface area contributed by atoms with E-state index < -0.39 is 5.97 Å². The molecule has 0 atom stereocenters. The molecule has 0 aliphatic carbocycles. The van der Waals surface area contributed by atoms with E-state index >= 15 is 0 Å². The molecule has 5 nitrogen and oxygen atoms in total. The number of hydrogen-bond acceptors (Lipinski definition) is 4. The van der Waals surface area contributed by atoms with Gasteiger partial charge in [0.25, 0.3) is 5.91 Å². The van der Waals surface area contributed by atoms with Crippen molar-refractivity contribution in [2.75, 3.05) is 20.3 Å². The molecular weight excluding hydrogens is 294 g/mol. The van der Waals surface area contributed by atoms with Gasteiger partial charge in [-0.1, -0.05) is 24.3 Å². The minimum Gasteiger partial charge on any atom is -0.497 e. The fourth-order valence-corrected chi connectivity index (χ4v) is 2.09. The molecule has 0 saturated heterocycles. The van der Waals surface area contributed by atoms with Crippen molar-refractivity contribution in [3.05, 3.63) is 54.1 Å². The van der Waals surface area contributed by atoms with E-state index in [0.717, 1.165) is 16.9 Å². The van der Waals surface area contributed by atoms with Crippen LogP contribution < -0.4 is 10.1 Å². The number of esters is 1. The third-order valence-electron chi connectivity index (χ3n) is 3.25. The van der Waals surface area contributed by atoms with Crippen LogP contribution >= 0.6 is 0 Å². The third-order valence-corrected chi connectivity index (χ3v) is 3.25. The van der Waals surface area contributed by atoms with Gasteiger partial charge in [-0.2, -0.15) is 0 Å². The Kier molecular flexibility index (Phi) is 5.74. The number of methoxy groups -OCH3 is 1. The molecule has 0 heterocycles. The Morgan fingerprint density at radius 2 is 1.78 bits per heavy atom. The number of carbonyl (C=O) groups excluding carboxylic acids is 2. The van der Waals surface area contributed by atoms with Gasteiger partial charge in [0.15, 0.2) is 0 Å². The van der Waals surface area contributed by atoms with Crippen molar-refractivity contribution < 1.29 is 19.1 Å². The van der Waals surface area contributed by atoms with Gasteiger partial charge in [0, 0.05) is 5.56 Å². The minimum atomic E-state index is -0.452. The van der Waals surface area contributed by atoms with Gasteiger partial charge < -0.3 is 14.8 Å². The topological polar surface area (TPSA) is 64.6 Å². The van der Waals surface area contributed by atoms with E-state index in [-0.39, 0.29) is 12.5 Å². The monoisotopic (exact) mass is 313 g/mol. The van der Waals surface area contributed by atoms with Crippen LogP contribution in [0, 0.1) is 0 Å². The number of carbonyl (C=O) groups is 2. The average Bonchev–Trinajstić information content (AvgIpc) is 2.60. The van der Waals surface area contributed by atoms with Crippen molar-refractivity contribution in [3.63, 3.8) is 0 Å². The predicted molar refractivity (Wildman–Crippen MR) is 87.4 cm³/mol. The molecule has 0 saturated carbocycles. The zero-order valence-corrected chi connectivity index (χ0v) is 13.2. The maximum absolute atomic E-state index is 12.1. The maximum atomic E-state index is 12.1. The number of rotatable bonds is 6. The number of hydrogen-bond donors (Lipinski definition) is 1. The van der Waals surface area contributed by atoms with E-state index in [2.05, 4.69) is 5.32 Å². The Balaban J connectivity index is 2.09. The molecule has 0 spiro atoms. The first-order valence-corrected chi connectivity index (χ1v) is 7.32. The minimum absolute atomic E-state index is 0.139. The predicted octanol–water partition coefficient (Wildman–Crippen LogP) is 2.66. The second-order valence-electron chi connectivity index (χ2n) is 4.80. The smallest absolute Gasteiger partial charge is 0.325 e. The quantitative estimate of drug-likeness (QED) is 0.833. The second kappa shape index (κ2) is 7.98. The fraction of sp³-hybridized carbons (Fsp3) is 0.222. The van der Waals surface area contributed by atoms with Crippen LogP contribution in [0.3, 0.4) is 0 Å². The number of ether oxygens (including phenoxy) is 2. The van der Waals surface area contributed by atoms with Crippen LogP contribution in [0.5, 0.6) is 5.75 Å². The molecule has 0 aromatic heterocycles. The zero-order valence-electron chi connectivity index (χ0n) is 13.2. The lowest BCUT2D eigenvalue weighted by Gasteiger charge is -2.08. The highest BCUT2D eigenvalue weighted by Gasteiger charge is 2.09. The molecular formula is C18H19NO4. The van der Waals surface area contributed by atoms with E-state index in [1.54, 1.807) is 32.2 Å². The standard InChI is InChI=1S/C18H19NO4/c1-3-23-17(20)12-19-18(21)15-6-4-5-14(11-15)13-7-9-16(22-2)10-8-13/h4-11H,3,12H2,1-2H3,(H,19,21). The first kappa shape index (κ1) is 16.5. The molecule has 0 aliphatic heterocycles. The molecule has 23 heavy (non-hydrogen) atoms. The molecule has 0 fully saturated rings. The maximum Gasteiger partial charge on any atom is 0.325 e. The fourth-order valence-electron chi connectivity index (χ4n) is 2.09. The number of nitrogens with one attached hydrogen (secondary N) is 1.